The van der Waals surface area contributed by atoms with Gasteiger partial charge in [-0.3, -0.25) is 10.1 Å². The molecule has 10 heteroatoms. The van der Waals surface area contributed by atoms with E-state index < -0.39 is 20.9 Å². The highest BCUT2D eigenvalue weighted by atomic mass is 79.9. The summed E-state index contributed by atoms with van der Waals surface area (Å²) in [6.45, 7) is 3.18. The van der Waals surface area contributed by atoms with Gasteiger partial charge in [0.15, 0.2) is 0 Å². The zero-order valence-corrected chi connectivity index (χ0v) is 16.9. The van der Waals surface area contributed by atoms with Crippen LogP contribution in [0, 0.1) is 10.1 Å². The molecule has 0 saturated carbocycles. The molecule has 0 unspecified atom stereocenters. The van der Waals surface area contributed by atoms with Gasteiger partial charge in [-0.05, 0) is 53.5 Å². The predicted octanol–water partition coefficient (Wildman–Crippen LogP) is 3.40. The number of hydrogen-bond acceptors (Lipinski definition) is 6. The Labute approximate surface area is 164 Å². The Morgan fingerprint density at radius 1 is 1.26 bits per heavy atom. The van der Waals surface area contributed by atoms with E-state index >= 15 is 0 Å². The van der Waals surface area contributed by atoms with Crippen molar-refractivity contribution in [3.05, 3.63) is 68.2 Å². The van der Waals surface area contributed by atoms with Crippen molar-refractivity contribution < 1.29 is 22.9 Å². The maximum absolute atomic E-state index is 12.4. The number of esters is 1. The quantitative estimate of drug-likeness (QED) is 0.387. The van der Waals surface area contributed by atoms with Gasteiger partial charge in [0, 0.05) is 22.6 Å². The lowest BCUT2D eigenvalue weighted by molar-refractivity contribution is -0.384. The summed E-state index contributed by atoms with van der Waals surface area (Å²) >= 11 is 3.20. The molecule has 0 aliphatic carbocycles. The highest BCUT2D eigenvalue weighted by molar-refractivity contribution is 9.10. The number of ether oxygens (including phenoxy) is 1. The van der Waals surface area contributed by atoms with Crippen LogP contribution >= 0.6 is 15.9 Å². The molecule has 1 N–H and O–H groups in total. The van der Waals surface area contributed by atoms with E-state index in [4.69, 9.17) is 4.74 Å². The molecule has 0 spiro atoms. The number of rotatable bonds is 7. The Balaban J connectivity index is 2.20. The molecule has 0 radical (unpaired) electrons. The summed E-state index contributed by atoms with van der Waals surface area (Å²) in [5.74, 6) is -0.755. The van der Waals surface area contributed by atoms with Crippen molar-refractivity contribution in [3.8, 4) is 0 Å². The number of halogens is 1. The second-order valence-electron chi connectivity index (χ2n) is 5.92. The van der Waals surface area contributed by atoms with Gasteiger partial charge >= 0.3 is 5.97 Å². The Hall–Kier alpha value is -2.30. The number of hydrogen-bond donors (Lipinski definition) is 1. The lowest BCUT2D eigenvalue weighted by atomic mass is 10.2. The maximum Gasteiger partial charge on any atom is 0.339 e. The topological polar surface area (TPSA) is 116 Å². The first-order valence-electron chi connectivity index (χ1n) is 7.82. The number of non-ortho nitro benzene ring substituents is 1. The molecule has 27 heavy (non-hydrogen) atoms. The summed E-state index contributed by atoms with van der Waals surface area (Å²) in [4.78, 5) is 22.5. The molecular formula is C17H17BrN2O6S. The molecule has 0 aliphatic rings. The van der Waals surface area contributed by atoms with Crippen molar-refractivity contribution in [2.45, 2.75) is 31.4 Å². The van der Waals surface area contributed by atoms with Crippen molar-refractivity contribution >= 4 is 37.6 Å². The summed E-state index contributed by atoms with van der Waals surface area (Å²) in [6, 6.07) is 9.43. The molecule has 0 saturated heterocycles. The van der Waals surface area contributed by atoms with Crippen LogP contribution in [0.1, 0.15) is 29.8 Å². The molecule has 0 amide bonds. The van der Waals surface area contributed by atoms with Crippen molar-refractivity contribution in [2.24, 2.45) is 0 Å². The van der Waals surface area contributed by atoms with Crippen LogP contribution in [0.15, 0.2) is 51.8 Å². The molecule has 2 rings (SSSR count). The lowest BCUT2D eigenvalue weighted by Crippen LogP contribution is -2.30. The van der Waals surface area contributed by atoms with Crippen molar-refractivity contribution in [1.82, 2.24) is 4.72 Å². The van der Waals surface area contributed by atoms with E-state index in [1.54, 1.807) is 19.9 Å². The lowest BCUT2D eigenvalue weighted by Gasteiger charge is -2.12. The zero-order chi connectivity index (χ0) is 20.2. The van der Waals surface area contributed by atoms with E-state index in [-0.39, 0.29) is 28.8 Å². The second-order valence-corrected chi connectivity index (χ2v) is 8.49. The number of sulfonamides is 1. The number of nitrogens with zero attached hydrogens (tertiary/aromatic N) is 1. The fraction of sp³-hybridized carbons (Fsp3) is 0.235. The average Bonchev–Trinajstić information content (AvgIpc) is 2.59. The maximum atomic E-state index is 12.4. The van der Waals surface area contributed by atoms with Crippen LogP contribution in [0.25, 0.3) is 0 Å². The SMILES string of the molecule is CC(C)NS(=O)(=O)c1ccc(Br)c(C(=O)OCc2cccc([N+](=O)[O-])c2)c1. The van der Waals surface area contributed by atoms with Crippen LogP contribution < -0.4 is 4.72 Å². The van der Waals surface area contributed by atoms with Gasteiger partial charge in [0.25, 0.3) is 5.69 Å². The molecule has 0 atom stereocenters. The van der Waals surface area contributed by atoms with Gasteiger partial charge in [-0.15, -0.1) is 0 Å². The molecular weight excluding hydrogens is 440 g/mol. The van der Waals surface area contributed by atoms with E-state index in [0.717, 1.165) is 0 Å². The van der Waals surface area contributed by atoms with Crippen LogP contribution in [-0.2, 0) is 21.4 Å². The van der Waals surface area contributed by atoms with Crippen molar-refractivity contribution in [2.75, 3.05) is 0 Å². The van der Waals surface area contributed by atoms with Crippen molar-refractivity contribution in [3.63, 3.8) is 0 Å². The van der Waals surface area contributed by atoms with Crippen LogP contribution in [-0.4, -0.2) is 25.4 Å². The summed E-state index contributed by atoms with van der Waals surface area (Å²) < 4.78 is 32.5. The van der Waals surface area contributed by atoms with Crippen LogP contribution in [0.4, 0.5) is 5.69 Å². The number of nitrogens with one attached hydrogen (secondary N) is 1. The monoisotopic (exact) mass is 456 g/mol. The van der Waals surface area contributed by atoms with Crippen LogP contribution in [0.2, 0.25) is 0 Å². The van der Waals surface area contributed by atoms with Gasteiger partial charge in [0.2, 0.25) is 10.0 Å². The highest BCUT2D eigenvalue weighted by Crippen LogP contribution is 2.23. The fourth-order valence-electron chi connectivity index (χ4n) is 2.19. The number of carbonyl (C=O) groups is 1. The van der Waals surface area contributed by atoms with E-state index in [2.05, 4.69) is 20.7 Å². The first-order valence-corrected chi connectivity index (χ1v) is 10.1. The number of nitro benzene ring substituents is 1. The minimum absolute atomic E-state index is 0.0343. The van der Waals surface area contributed by atoms with Crippen LogP contribution in [0.3, 0.4) is 0 Å². The summed E-state index contributed by atoms with van der Waals surface area (Å²) in [5, 5.41) is 10.8. The third-order valence-corrected chi connectivity index (χ3v) is 5.70. The van der Waals surface area contributed by atoms with E-state index in [9.17, 15) is 23.3 Å². The normalized spacial score (nSPS) is 11.4. The number of nitro groups is 1. The number of carbonyl (C=O) groups excluding carboxylic acids is 1. The first-order chi connectivity index (χ1) is 12.6. The molecule has 0 aromatic heterocycles. The molecule has 2 aromatic carbocycles. The van der Waals surface area contributed by atoms with Crippen molar-refractivity contribution in [1.29, 1.82) is 0 Å². The molecule has 0 aliphatic heterocycles. The molecule has 144 valence electrons. The molecule has 8 nitrogen and oxygen atoms in total. The summed E-state index contributed by atoms with van der Waals surface area (Å²) in [5.41, 5.74) is 0.364. The highest BCUT2D eigenvalue weighted by Gasteiger charge is 2.20. The van der Waals surface area contributed by atoms with Gasteiger partial charge in [-0.1, -0.05) is 12.1 Å². The Morgan fingerprint density at radius 3 is 2.59 bits per heavy atom. The number of benzene rings is 2. The molecule has 0 heterocycles. The largest absolute Gasteiger partial charge is 0.457 e. The first kappa shape index (κ1) is 21.0. The molecule has 0 fully saturated rings. The second kappa shape index (κ2) is 8.59. The van der Waals surface area contributed by atoms with Gasteiger partial charge < -0.3 is 4.74 Å². The predicted molar refractivity (Wildman–Crippen MR) is 102 cm³/mol. The minimum atomic E-state index is -3.77. The summed E-state index contributed by atoms with van der Waals surface area (Å²) in [7, 11) is -3.77. The summed E-state index contributed by atoms with van der Waals surface area (Å²) in [6.07, 6.45) is 0. The van der Waals surface area contributed by atoms with Crippen LogP contribution in [0.5, 0.6) is 0 Å². The third-order valence-electron chi connectivity index (χ3n) is 3.35. The van der Waals surface area contributed by atoms with E-state index in [1.807, 2.05) is 0 Å². The standard InChI is InChI=1S/C17H17BrN2O6S/c1-11(2)19-27(24,25)14-6-7-16(18)15(9-14)17(21)26-10-12-4-3-5-13(8-12)20(22)23/h3-9,11,19H,10H2,1-2H3. The van der Waals surface area contributed by atoms with E-state index in [1.165, 1.54) is 36.4 Å². The third kappa shape index (κ3) is 5.59. The Morgan fingerprint density at radius 2 is 1.96 bits per heavy atom. The molecule has 2 aromatic rings. The zero-order valence-electron chi connectivity index (χ0n) is 14.5. The van der Waals surface area contributed by atoms with Gasteiger partial charge in [-0.25, -0.2) is 17.9 Å². The Bertz CT molecular complexity index is 975. The fourth-order valence-corrected chi connectivity index (χ4v) is 3.88. The Kier molecular flexibility index (Phi) is 6.68. The molecule has 0 bridgehead atoms. The van der Waals surface area contributed by atoms with E-state index in [0.29, 0.717) is 10.0 Å². The smallest absolute Gasteiger partial charge is 0.339 e. The van der Waals surface area contributed by atoms with Gasteiger partial charge in [0.05, 0.1) is 15.4 Å². The minimum Gasteiger partial charge on any atom is -0.457 e. The van der Waals surface area contributed by atoms with Gasteiger partial charge in [0.1, 0.15) is 6.61 Å². The van der Waals surface area contributed by atoms with Gasteiger partial charge in [-0.2, -0.15) is 0 Å². The average molecular weight is 457 g/mol.